The van der Waals surface area contributed by atoms with Crippen LogP contribution in [-0.2, 0) is 0 Å². The number of hydrogen-bond acceptors (Lipinski definition) is 3. The third kappa shape index (κ3) is 3.55. The molecular formula is C23H26N4. The lowest BCUT2D eigenvalue weighted by molar-refractivity contribution is 0.140. The fourth-order valence-electron chi connectivity index (χ4n) is 4.75. The average molecular weight is 358 g/mol. The number of imidazole rings is 1. The molecule has 4 rings (SSSR count). The summed E-state index contributed by atoms with van der Waals surface area (Å²) in [5, 5.41) is 12.5. The molecule has 4 nitrogen and oxygen atoms in total. The van der Waals surface area contributed by atoms with Gasteiger partial charge in [-0.05, 0) is 67.0 Å². The summed E-state index contributed by atoms with van der Waals surface area (Å²) in [5.41, 5.74) is 4.15. The zero-order valence-electron chi connectivity index (χ0n) is 16.2. The van der Waals surface area contributed by atoms with E-state index < -0.39 is 0 Å². The smallest absolute Gasteiger partial charge is 0.208 e. The molecule has 1 fully saturated rings. The van der Waals surface area contributed by atoms with E-state index in [4.69, 9.17) is 10.2 Å². The number of nitriles is 1. The van der Waals surface area contributed by atoms with Crippen LogP contribution in [0, 0.1) is 22.7 Å². The van der Waals surface area contributed by atoms with Gasteiger partial charge in [-0.2, -0.15) is 5.26 Å². The Hall–Kier alpha value is -2.80. The van der Waals surface area contributed by atoms with Crippen molar-refractivity contribution in [3.05, 3.63) is 54.1 Å². The molecule has 2 atom stereocenters. The molecule has 1 N–H and O–H groups in total. The number of aromatic nitrogens is 2. The fraction of sp³-hybridized carbons (Fsp3) is 0.391. The Balaban J connectivity index is 1.76. The third-order valence-corrected chi connectivity index (χ3v) is 5.59. The Kier molecular flexibility index (Phi) is 4.39. The minimum absolute atomic E-state index is 0.333. The first-order valence-corrected chi connectivity index (χ1v) is 9.69. The zero-order chi connectivity index (χ0) is 19.0. The molecule has 1 aliphatic carbocycles. The highest BCUT2D eigenvalue weighted by Crippen LogP contribution is 2.45. The Morgan fingerprint density at radius 3 is 2.56 bits per heavy atom. The number of nitrogens with one attached hydrogen (secondary N) is 1. The summed E-state index contributed by atoms with van der Waals surface area (Å²) in [6.07, 6.45) is 3.60. The SMILES string of the molecule is C[C@H]1CC(n2c(Nc3ccc(C#N)cc3)nc3ccccc32)CC(C)(C)C1. The van der Waals surface area contributed by atoms with Crippen molar-refractivity contribution >= 4 is 22.7 Å². The average Bonchev–Trinajstić information content (AvgIpc) is 2.98. The molecule has 138 valence electrons. The predicted octanol–water partition coefficient (Wildman–Crippen LogP) is 6.04. The molecule has 1 aliphatic rings. The van der Waals surface area contributed by atoms with Crippen molar-refractivity contribution in [2.75, 3.05) is 5.32 Å². The van der Waals surface area contributed by atoms with E-state index in [9.17, 15) is 0 Å². The highest BCUT2D eigenvalue weighted by Gasteiger charge is 2.34. The number of benzene rings is 2. The summed E-state index contributed by atoms with van der Waals surface area (Å²) in [4.78, 5) is 4.89. The number of nitrogens with zero attached hydrogens (tertiary/aromatic N) is 3. The van der Waals surface area contributed by atoms with Crippen molar-refractivity contribution in [2.45, 2.75) is 46.1 Å². The molecule has 3 aromatic rings. The molecule has 1 saturated carbocycles. The Morgan fingerprint density at radius 1 is 1.11 bits per heavy atom. The van der Waals surface area contributed by atoms with Crippen LogP contribution in [0.5, 0.6) is 0 Å². The summed E-state index contributed by atoms with van der Waals surface area (Å²) in [7, 11) is 0. The van der Waals surface area contributed by atoms with Crippen molar-refractivity contribution < 1.29 is 0 Å². The monoisotopic (exact) mass is 358 g/mol. The van der Waals surface area contributed by atoms with E-state index in [1.54, 1.807) is 0 Å². The second-order valence-electron chi connectivity index (χ2n) is 8.68. The van der Waals surface area contributed by atoms with Crippen molar-refractivity contribution in [2.24, 2.45) is 11.3 Å². The van der Waals surface area contributed by atoms with Crippen LogP contribution in [0.4, 0.5) is 11.6 Å². The normalized spacial score (nSPS) is 21.7. The quantitative estimate of drug-likeness (QED) is 0.621. The number of anilines is 2. The molecule has 1 heterocycles. The molecule has 4 heteroatoms. The van der Waals surface area contributed by atoms with Gasteiger partial charge in [-0.25, -0.2) is 4.98 Å². The lowest BCUT2D eigenvalue weighted by atomic mass is 9.70. The summed E-state index contributed by atoms with van der Waals surface area (Å²) in [6.45, 7) is 7.12. The van der Waals surface area contributed by atoms with Crippen LogP contribution in [0.3, 0.4) is 0 Å². The molecule has 27 heavy (non-hydrogen) atoms. The highest BCUT2D eigenvalue weighted by molar-refractivity contribution is 5.80. The van der Waals surface area contributed by atoms with Gasteiger partial charge in [-0.3, -0.25) is 0 Å². The van der Waals surface area contributed by atoms with Crippen LogP contribution < -0.4 is 5.32 Å². The van der Waals surface area contributed by atoms with Gasteiger partial charge >= 0.3 is 0 Å². The molecular weight excluding hydrogens is 332 g/mol. The summed E-state index contributed by atoms with van der Waals surface area (Å²) >= 11 is 0. The van der Waals surface area contributed by atoms with E-state index in [1.807, 2.05) is 30.3 Å². The van der Waals surface area contributed by atoms with Crippen LogP contribution in [-0.4, -0.2) is 9.55 Å². The maximum Gasteiger partial charge on any atom is 0.208 e. The van der Waals surface area contributed by atoms with Crippen molar-refractivity contribution in [3.63, 3.8) is 0 Å². The molecule has 0 bridgehead atoms. The molecule has 0 radical (unpaired) electrons. The second-order valence-corrected chi connectivity index (χ2v) is 8.68. The number of para-hydroxylation sites is 2. The topological polar surface area (TPSA) is 53.6 Å². The van der Waals surface area contributed by atoms with Gasteiger partial charge in [0.05, 0.1) is 22.7 Å². The van der Waals surface area contributed by atoms with Gasteiger partial charge in [0, 0.05) is 11.7 Å². The molecule has 2 aromatic carbocycles. The molecule has 0 spiro atoms. The molecule has 0 saturated heterocycles. The lowest BCUT2D eigenvalue weighted by Crippen LogP contribution is -2.29. The van der Waals surface area contributed by atoms with E-state index in [2.05, 4.69) is 54.9 Å². The molecule has 0 amide bonds. The molecule has 1 aromatic heterocycles. The predicted molar refractivity (Wildman–Crippen MR) is 110 cm³/mol. The van der Waals surface area contributed by atoms with Gasteiger partial charge in [0.1, 0.15) is 0 Å². The number of fused-ring (bicyclic) bond motifs is 1. The second kappa shape index (κ2) is 6.74. The third-order valence-electron chi connectivity index (χ3n) is 5.59. The van der Waals surface area contributed by atoms with Gasteiger partial charge < -0.3 is 9.88 Å². The van der Waals surface area contributed by atoms with E-state index >= 15 is 0 Å². The molecule has 1 unspecified atom stereocenters. The van der Waals surface area contributed by atoms with Crippen molar-refractivity contribution in [1.29, 1.82) is 5.26 Å². The molecule has 0 aliphatic heterocycles. The first kappa shape index (κ1) is 17.6. The Bertz CT molecular complexity index is 991. The standard InChI is InChI=1S/C23H26N4/c1-16-12-19(14-23(2,3)13-16)27-21-7-5-4-6-20(21)26-22(27)25-18-10-8-17(15-24)9-11-18/h4-11,16,19H,12-14H2,1-3H3,(H,25,26)/t16-,19?/m0/s1. The first-order chi connectivity index (χ1) is 12.9. The van der Waals surface area contributed by atoms with Gasteiger partial charge in [0.2, 0.25) is 5.95 Å². The van der Waals surface area contributed by atoms with Gasteiger partial charge in [-0.15, -0.1) is 0 Å². The minimum atomic E-state index is 0.333. The maximum atomic E-state index is 9.01. The largest absolute Gasteiger partial charge is 0.326 e. The van der Waals surface area contributed by atoms with Crippen LogP contribution >= 0.6 is 0 Å². The van der Waals surface area contributed by atoms with Gasteiger partial charge in [0.25, 0.3) is 0 Å². The first-order valence-electron chi connectivity index (χ1n) is 9.69. The summed E-state index contributed by atoms with van der Waals surface area (Å²) in [6, 6.07) is 18.5. The van der Waals surface area contributed by atoms with Gasteiger partial charge in [-0.1, -0.05) is 32.9 Å². The Morgan fingerprint density at radius 2 is 1.85 bits per heavy atom. The van der Waals surface area contributed by atoms with E-state index in [-0.39, 0.29) is 0 Å². The highest BCUT2D eigenvalue weighted by atomic mass is 15.2. The van der Waals surface area contributed by atoms with Crippen molar-refractivity contribution in [1.82, 2.24) is 9.55 Å². The number of rotatable bonds is 3. The minimum Gasteiger partial charge on any atom is -0.326 e. The van der Waals surface area contributed by atoms with Crippen LogP contribution in [0.1, 0.15) is 51.6 Å². The van der Waals surface area contributed by atoms with E-state index in [0.717, 1.165) is 23.6 Å². The van der Waals surface area contributed by atoms with Crippen LogP contribution in [0.25, 0.3) is 11.0 Å². The lowest BCUT2D eigenvalue weighted by Gasteiger charge is -2.40. The van der Waals surface area contributed by atoms with E-state index in [1.165, 1.54) is 18.4 Å². The van der Waals surface area contributed by atoms with E-state index in [0.29, 0.717) is 22.9 Å². The van der Waals surface area contributed by atoms with Gasteiger partial charge in [0.15, 0.2) is 0 Å². The van der Waals surface area contributed by atoms with Crippen molar-refractivity contribution in [3.8, 4) is 6.07 Å². The Labute approximate surface area is 160 Å². The summed E-state index contributed by atoms with van der Waals surface area (Å²) in [5.74, 6) is 1.58. The van der Waals surface area contributed by atoms with Crippen LogP contribution in [0.15, 0.2) is 48.5 Å². The zero-order valence-corrected chi connectivity index (χ0v) is 16.2. The maximum absolute atomic E-state index is 9.01. The fourth-order valence-corrected chi connectivity index (χ4v) is 4.75. The summed E-state index contributed by atoms with van der Waals surface area (Å²) < 4.78 is 2.39. The van der Waals surface area contributed by atoms with Crippen LogP contribution in [0.2, 0.25) is 0 Å². The number of hydrogen-bond donors (Lipinski definition) is 1.